The van der Waals surface area contributed by atoms with Crippen molar-refractivity contribution in [1.82, 2.24) is 0 Å². The van der Waals surface area contributed by atoms with Gasteiger partial charge in [0.05, 0.1) is 12.3 Å². The van der Waals surface area contributed by atoms with Crippen LogP contribution in [0.3, 0.4) is 0 Å². The molecule has 0 aliphatic rings. The minimum Gasteiger partial charge on any atom is -0.492 e. The summed E-state index contributed by atoms with van der Waals surface area (Å²) in [5, 5.41) is 0. The van der Waals surface area contributed by atoms with Gasteiger partial charge in [-0.05, 0) is 38.1 Å². The number of aryl methyl sites for hydroxylation is 1. The van der Waals surface area contributed by atoms with Gasteiger partial charge in [-0.3, -0.25) is 0 Å². The molecule has 0 radical (unpaired) electrons. The predicted molar refractivity (Wildman–Crippen MR) is 77.3 cm³/mol. The summed E-state index contributed by atoms with van der Waals surface area (Å²) >= 11 is 1.66. The van der Waals surface area contributed by atoms with Gasteiger partial charge in [-0.25, -0.2) is 0 Å². The van der Waals surface area contributed by atoms with Crippen molar-refractivity contribution in [3.05, 3.63) is 48.0 Å². The second kappa shape index (κ2) is 5.83. The maximum absolute atomic E-state index is 6.11. The van der Waals surface area contributed by atoms with Gasteiger partial charge in [-0.15, -0.1) is 0 Å². The maximum atomic E-state index is 6.11. The lowest BCUT2D eigenvalue weighted by Crippen LogP contribution is -1.97. The summed E-state index contributed by atoms with van der Waals surface area (Å²) in [6.07, 6.45) is 0. The van der Waals surface area contributed by atoms with Gasteiger partial charge in [0, 0.05) is 9.79 Å². The Balaban J connectivity index is 2.26. The Kier molecular flexibility index (Phi) is 4.15. The van der Waals surface area contributed by atoms with Gasteiger partial charge in [-0.1, -0.05) is 35.5 Å². The monoisotopic (exact) mass is 259 g/mol. The second-order valence-corrected chi connectivity index (χ2v) is 5.13. The van der Waals surface area contributed by atoms with Gasteiger partial charge < -0.3 is 10.5 Å². The number of nitrogen functional groups attached to an aromatic ring is 1. The lowest BCUT2D eigenvalue weighted by molar-refractivity contribution is 0.341. The molecular formula is C15H17NOS. The Bertz CT molecular complexity index is 540. The van der Waals surface area contributed by atoms with Crippen molar-refractivity contribution in [2.45, 2.75) is 23.6 Å². The third-order valence-electron chi connectivity index (χ3n) is 2.54. The molecule has 18 heavy (non-hydrogen) atoms. The van der Waals surface area contributed by atoms with E-state index in [9.17, 15) is 0 Å². The van der Waals surface area contributed by atoms with Gasteiger partial charge in [0.2, 0.25) is 0 Å². The first-order valence-electron chi connectivity index (χ1n) is 5.96. The molecule has 2 rings (SSSR count). The summed E-state index contributed by atoms with van der Waals surface area (Å²) < 4.78 is 5.50. The highest BCUT2D eigenvalue weighted by atomic mass is 32.2. The molecule has 2 N–H and O–H groups in total. The fourth-order valence-corrected chi connectivity index (χ4v) is 2.70. The number of hydrogen-bond donors (Lipinski definition) is 1. The first kappa shape index (κ1) is 12.8. The van der Waals surface area contributed by atoms with E-state index in [4.69, 9.17) is 10.5 Å². The Hall–Kier alpha value is -1.61. The molecule has 0 amide bonds. The molecule has 0 fully saturated rings. The standard InChI is InChI=1S/C15H17NOS/c1-3-17-13-8-5-9-14(15(13)16)18-12-7-4-6-11(2)10-12/h4-10H,3,16H2,1-2H3. The van der Waals surface area contributed by atoms with E-state index < -0.39 is 0 Å². The quantitative estimate of drug-likeness (QED) is 0.839. The average molecular weight is 259 g/mol. The number of anilines is 1. The van der Waals surface area contributed by atoms with Crippen LogP contribution in [-0.2, 0) is 0 Å². The summed E-state index contributed by atoms with van der Waals surface area (Å²) in [5.74, 6) is 0.759. The SMILES string of the molecule is CCOc1cccc(Sc2cccc(C)c2)c1N. The van der Waals surface area contributed by atoms with Gasteiger partial charge in [0.15, 0.2) is 0 Å². The highest BCUT2D eigenvalue weighted by molar-refractivity contribution is 7.99. The zero-order valence-electron chi connectivity index (χ0n) is 10.6. The molecule has 0 heterocycles. The summed E-state index contributed by atoms with van der Waals surface area (Å²) in [7, 11) is 0. The van der Waals surface area contributed by atoms with Crippen molar-refractivity contribution in [1.29, 1.82) is 0 Å². The number of ether oxygens (including phenoxy) is 1. The van der Waals surface area contributed by atoms with E-state index in [1.165, 1.54) is 10.5 Å². The van der Waals surface area contributed by atoms with Crippen molar-refractivity contribution in [2.75, 3.05) is 12.3 Å². The summed E-state index contributed by atoms with van der Waals surface area (Å²) in [6.45, 7) is 4.67. The fourth-order valence-electron chi connectivity index (χ4n) is 1.70. The van der Waals surface area contributed by atoms with E-state index >= 15 is 0 Å². The Morgan fingerprint density at radius 1 is 1.17 bits per heavy atom. The van der Waals surface area contributed by atoms with Crippen LogP contribution in [0.1, 0.15) is 12.5 Å². The number of nitrogens with two attached hydrogens (primary N) is 1. The van der Waals surface area contributed by atoms with Crippen molar-refractivity contribution < 1.29 is 4.74 Å². The van der Waals surface area contributed by atoms with E-state index in [1.807, 2.05) is 25.1 Å². The molecule has 0 spiro atoms. The average Bonchev–Trinajstić information content (AvgIpc) is 2.35. The molecular weight excluding hydrogens is 242 g/mol. The van der Waals surface area contributed by atoms with Crippen molar-refractivity contribution in [2.24, 2.45) is 0 Å². The minimum absolute atomic E-state index is 0.628. The summed E-state index contributed by atoms with van der Waals surface area (Å²) in [6, 6.07) is 14.3. The smallest absolute Gasteiger partial charge is 0.143 e. The molecule has 94 valence electrons. The van der Waals surface area contributed by atoms with Gasteiger partial charge >= 0.3 is 0 Å². The third-order valence-corrected chi connectivity index (χ3v) is 3.61. The minimum atomic E-state index is 0.628. The van der Waals surface area contributed by atoms with Crippen molar-refractivity contribution in [3.8, 4) is 5.75 Å². The van der Waals surface area contributed by atoms with Crippen LogP contribution in [0.15, 0.2) is 52.3 Å². The fraction of sp³-hybridized carbons (Fsp3) is 0.200. The van der Waals surface area contributed by atoms with Crippen LogP contribution in [-0.4, -0.2) is 6.61 Å². The lowest BCUT2D eigenvalue weighted by atomic mass is 10.2. The second-order valence-electron chi connectivity index (χ2n) is 4.02. The van der Waals surface area contributed by atoms with E-state index in [-0.39, 0.29) is 0 Å². The van der Waals surface area contributed by atoms with Crippen LogP contribution in [0.5, 0.6) is 5.75 Å². The van der Waals surface area contributed by atoms with Crippen LogP contribution in [0.2, 0.25) is 0 Å². The molecule has 0 unspecified atom stereocenters. The van der Waals surface area contributed by atoms with Gasteiger partial charge in [-0.2, -0.15) is 0 Å². The molecule has 0 aliphatic heterocycles. The predicted octanol–water partition coefficient (Wildman–Crippen LogP) is 4.13. The van der Waals surface area contributed by atoms with E-state index in [0.717, 1.165) is 10.6 Å². The first-order chi connectivity index (χ1) is 8.70. The topological polar surface area (TPSA) is 35.2 Å². The number of rotatable bonds is 4. The molecule has 0 atom stereocenters. The van der Waals surface area contributed by atoms with Crippen LogP contribution >= 0.6 is 11.8 Å². The molecule has 0 saturated heterocycles. The first-order valence-corrected chi connectivity index (χ1v) is 6.78. The molecule has 2 aromatic rings. The highest BCUT2D eigenvalue weighted by Gasteiger charge is 2.07. The third kappa shape index (κ3) is 2.99. The normalized spacial score (nSPS) is 10.3. The molecule has 0 saturated carbocycles. The maximum Gasteiger partial charge on any atom is 0.143 e. The Morgan fingerprint density at radius 2 is 1.94 bits per heavy atom. The van der Waals surface area contributed by atoms with Crippen LogP contribution in [0, 0.1) is 6.92 Å². The number of para-hydroxylation sites is 1. The molecule has 2 aromatic carbocycles. The Labute approximate surface area is 112 Å². The van der Waals surface area contributed by atoms with Crippen LogP contribution in [0.4, 0.5) is 5.69 Å². The summed E-state index contributed by atoms with van der Waals surface area (Å²) in [5.41, 5.74) is 8.07. The number of benzene rings is 2. The molecule has 3 heteroatoms. The zero-order chi connectivity index (χ0) is 13.0. The largest absolute Gasteiger partial charge is 0.492 e. The summed E-state index contributed by atoms with van der Waals surface area (Å²) in [4.78, 5) is 2.22. The Morgan fingerprint density at radius 3 is 2.67 bits per heavy atom. The van der Waals surface area contributed by atoms with E-state index in [2.05, 4.69) is 31.2 Å². The molecule has 2 nitrogen and oxygen atoms in total. The van der Waals surface area contributed by atoms with Crippen LogP contribution < -0.4 is 10.5 Å². The highest BCUT2D eigenvalue weighted by Crippen LogP contribution is 2.37. The lowest BCUT2D eigenvalue weighted by Gasteiger charge is -2.11. The van der Waals surface area contributed by atoms with Crippen LogP contribution in [0.25, 0.3) is 0 Å². The van der Waals surface area contributed by atoms with E-state index in [0.29, 0.717) is 12.3 Å². The number of hydrogen-bond acceptors (Lipinski definition) is 3. The zero-order valence-corrected chi connectivity index (χ0v) is 11.5. The van der Waals surface area contributed by atoms with Crippen molar-refractivity contribution in [3.63, 3.8) is 0 Å². The molecule has 0 aromatic heterocycles. The van der Waals surface area contributed by atoms with Gasteiger partial charge in [0.25, 0.3) is 0 Å². The molecule has 0 aliphatic carbocycles. The molecule has 0 bridgehead atoms. The van der Waals surface area contributed by atoms with E-state index in [1.54, 1.807) is 11.8 Å². The van der Waals surface area contributed by atoms with Gasteiger partial charge in [0.1, 0.15) is 5.75 Å². The van der Waals surface area contributed by atoms with Crippen molar-refractivity contribution >= 4 is 17.4 Å².